The quantitative estimate of drug-likeness (QED) is 0.583. The smallest absolute Gasteiger partial charge is 0.0684 e. The average Bonchev–Trinajstić information content (AvgIpc) is 1.87. The lowest BCUT2D eigenvalue weighted by Gasteiger charge is -2.15. The van der Waals surface area contributed by atoms with Crippen molar-refractivity contribution in [2.75, 3.05) is 0 Å². The fourth-order valence-electron chi connectivity index (χ4n) is 0.857. The minimum absolute atomic E-state index is 0.0188. The lowest BCUT2D eigenvalue weighted by Crippen LogP contribution is -2.11. The summed E-state index contributed by atoms with van der Waals surface area (Å²) >= 11 is 0. The molecule has 0 aromatic rings. The third-order valence-electron chi connectivity index (χ3n) is 1.34. The van der Waals surface area contributed by atoms with Gasteiger partial charge in [-0.15, -0.1) is 0 Å². The molecule has 0 aliphatic rings. The molecule has 2 heteroatoms. The van der Waals surface area contributed by atoms with Crippen LogP contribution in [-0.2, 0) is 0 Å². The molecule has 2 nitrogen and oxygen atoms in total. The summed E-state index contributed by atoms with van der Waals surface area (Å²) < 4.78 is 0. The summed E-state index contributed by atoms with van der Waals surface area (Å²) in [5, 5.41) is 17.0. The average molecular weight is 136 g/mol. The molecule has 1 atom stereocenters. The van der Waals surface area contributed by atoms with Crippen molar-refractivity contribution in [2.45, 2.75) is 27.2 Å². The molecule has 0 rings (SSSR count). The molecule has 0 aliphatic carbocycles. The minimum Gasteiger partial charge on any atom is -0.198 e. The van der Waals surface area contributed by atoms with Crippen LogP contribution in [-0.4, -0.2) is 0 Å². The van der Waals surface area contributed by atoms with Gasteiger partial charge in [-0.3, -0.25) is 0 Å². The van der Waals surface area contributed by atoms with E-state index >= 15 is 0 Å². The Balaban J connectivity index is 3.95. The highest BCUT2D eigenvalue weighted by Crippen LogP contribution is 2.23. The molecule has 0 bridgehead atoms. The van der Waals surface area contributed by atoms with E-state index in [0.29, 0.717) is 6.42 Å². The standard InChI is InChI=1S/C8H12N2/c1-7(5-9)4-8(2,3)6-10/h7H,4H2,1-3H3. The Bertz CT molecular complexity index is 180. The topological polar surface area (TPSA) is 47.6 Å². The van der Waals surface area contributed by atoms with Crippen LogP contribution < -0.4 is 0 Å². The summed E-state index contributed by atoms with van der Waals surface area (Å²) in [4.78, 5) is 0. The minimum atomic E-state index is -0.352. The number of nitriles is 2. The number of nitrogens with zero attached hydrogens (tertiary/aromatic N) is 2. The summed E-state index contributed by atoms with van der Waals surface area (Å²) in [6.07, 6.45) is 0.653. The first-order valence-corrected chi connectivity index (χ1v) is 3.33. The second kappa shape index (κ2) is 3.22. The Kier molecular flexibility index (Phi) is 2.90. The third-order valence-corrected chi connectivity index (χ3v) is 1.34. The molecule has 10 heavy (non-hydrogen) atoms. The summed E-state index contributed by atoms with van der Waals surface area (Å²) in [5.41, 5.74) is -0.352. The third kappa shape index (κ3) is 3.10. The van der Waals surface area contributed by atoms with Crippen LogP contribution in [0.4, 0.5) is 0 Å². The molecule has 0 spiro atoms. The van der Waals surface area contributed by atoms with E-state index in [1.54, 1.807) is 0 Å². The van der Waals surface area contributed by atoms with Gasteiger partial charge in [-0.2, -0.15) is 10.5 Å². The van der Waals surface area contributed by atoms with Gasteiger partial charge in [0.15, 0.2) is 0 Å². The Morgan fingerprint density at radius 3 is 2.20 bits per heavy atom. The van der Waals surface area contributed by atoms with E-state index in [2.05, 4.69) is 12.1 Å². The zero-order valence-corrected chi connectivity index (χ0v) is 6.68. The van der Waals surface area contributed by atoms with Gasteiger partial charge in [0.2, 0.25) is 0 Å². The van der Waals surface area contributed by atoms with Gasteiger partial charge in [0.25, 0.3) is 0 Å². The monoisotopic (exact) mass is 136 g/mol. The SMILES string of the molecule is CC(C#N)CC(C)(C)C#N. The molecule has 0 aromatic heterocycles. The molecule has 0 saturated heterocycles. The predicted molar refractivity (Wildman–Crippen MR) is 38.8 cm³/mol. The Labute approximate surface area is 62.1 Å². The second-order valence-corrected chi connectivity index (χ2v) is 3.23. The van der Waals surface area contributed by atoms with Crippen LogP contribution in [0.1, 0.15) is 27.2 Å². The number of hydrogen-bond acceptors (Lipinski definition) is 2. The van der Waals surface area contributed by atoms with Crippen molar-refractivity contribution in [2.24, 2.45) is 11.3 Å². The Hall–Kier alpha value is -1.02. The van der Waals surface area contributed by atoms with Crippen molar-refractivity contribution in [3.8, 4) is 12.1 Å². The maximum atomic E-state index is 8.58. The summed E-state index contributed by atoms with van der Waals surface area (Å²) in [5.74, 6) is -0.0188. The van der Waals surface area contributed by atoms with Gasteiger partial charge in [0.05, 0.1) is 17.6 Å². The lowest BCUT2D eigenvalue weighted by molar-refractivity contribution is 0.403. The van der Waals surface area contributed by atoms with Crippen molar-refractivity contribution >= 4 is 0 Å². The highest BCUT2D eigenvalue weighted by atomic mass is 14.3. The molecule has 0 fully saturated rings. The molecule has 0 heterocycles. The van der Waals surface area contributed by atoms with Crippen molar-refractivity contribution in [3.05, 3.63) is 0 Å². The van der Waals surface area contributed by atoms with Gasteiger partial charge in [-0.05, 0) is 27.2 Å². The van der Waals surface area contributed by atoms with E-state index < -0.39 is 0 Å². The number of hydrogen-bond donors (Lipinski definition) is 0. The maximum absolute atomic E-state index is 8.58. The summed E-state index contributed by atoms with van der Waals surface area (Å²) in [6.45, 7) is 5.53. The molecular formula is C8H12N2. The highest BCUT2D eigenvalue weighted by molar-refractivity contribution is 4.96. The normalized spacial score (nSPS) is 13.3. The van der Waals surface area contributed by atoms with Crippen molar-refractivity contribution in [1.29, 1.82) is 10.5 Å². The number of rotatable bonds is 2. The molecule has 0 amide bonds. The van der Waals surface area contributed by atoms with E-state index in [0.717, 1.165) is 0 Å². The predicted octanol–water partition coefficient (Wildman–Crippen LogP) is 2.09. The molecule has 0 saturated carbocycles. The zero-order chi connectivity index (χ0) is 8.20. The van der Waals surface area contributed by atoms with Gasteiger partial charge >= 0.3 is 0 Å². The largest absolute Gasteiger partial charge is 0.198 e. The van der Waals surface area contributed by atoms with Crippen LogP contribution in [0.5, 0.6) is 0 Å². The van der Waals surface area contributed by atoms with E-state index in [9.17, 15) is 0 Å². The molecule has 54 valence electrons. The highest BCUT2D eigenvalue weighted by Gasteiger charge is 2.19. The summed E-state index contributed by atoms with van der Waals surface area (Å²) in [7, 11) is 0. The van der Waals surface area contributed by atoms with E-state index in [1.165, 1.54) is 0 Å². The van der Waals surface area contributed by atoms with Crippen molar-refractivity contribution < 1.29 is 0 Å². The van der Waals surface area contributed by atoms with Gasteiger partial charge in [0, 0.05) is 5.92 Å². The summed E-state index contributed by atoms with van der Waals surface area (Å²) in [6, 6.07) is 4.26. The maximum Gasteiger partial charge on any atom is 0.0684 e. The Morgan fingerprint density at radius 1 is 1.40 bits per heavy atom. The van der Waals surface area contributed by atoms with Crippen molar-refractivity contribution in [1.82, 2.24) is 0 Å². The van der Waals surface area contributed by atoms with Crippen LogP contribution in [0.15, 0.2) is 0 Å². The van der Waals surface area contributed by atoms with Gasteiger partial charge in [-0.25, -0.2) is 0 Å². The molecule has 0 aliphatic heterocycles. The lowest BCUT2D eigenvalue weighted by atomic mass is 9.85. The molecule has 0 radical (unpaired) electrons. The molecule has 0 N–H and O–H groups in total. The molecule has 1 unspecified atom stereocenters. The first-order chi connectivity index (χ1) is 4.52. The van der Waals surface area contributed by atoms with Gasteiger partial charge in [0.1, 0.15) is 0 Å². The molecular weight excluding hydrogens is 124 g/mol. The van der Waals surface area contributed by atoms with Crippen LogP contribution >= 0.6 is 0 Å². The van der Waals surface area contributed by atoms with Gasteiger partial charge < -0.3 is 0 Å². The Morgan fingerprint density at radius 2 is 1.90 bits per heavy atom. The fourth-order valence-corrected chi connectivity index (χ4v) is 0.857. The van der Waals surface area contributed by atoms with Crippen molar-refractivity contribution in [3.63, 3.8) is 0 Å². The zero-order valence-electron chi connectivity index (χ0n) is 6.68. The second-order valence-electron chi connectivity index (χ2n) is 3.23. The fraction of sp³-hybridized carbons (Fsp3) is 0.750. The van der Waals surface area contributed by atoms with E-state index in [1.807, 2.05) is 20.8 Å². The first kappa shape index (κ1) is 8.98. The van der Waals surface area contributed by atoms with Crippen LogP contribution in [0, 0.1) is 34.0 Å². The van der Waals surface area contributed by atoms with Crippen LogP contribution in [0.3, 0.4) is 0 Å². The van der Waals surface area contributed by atoms with E-state index in [4.69, 9.17) is 10.5 Å². The van der Waals surface area contributed by atoms with Crippen LogP contribution in [0.25, 0.3) is 0 Å². The first-order valence-electron chi connectivity index (χ1n) is 3.33. The molecule has 0 aromatic carbocycles. The van der Waals surface area contributed by atoms with Gasteiger partial charge in [-0.1, -0.05) is 0 Å². The van der Waals surface area contributed by atoms with Crippen LogP contribution in [0.2, 0.25) is 0 Å². The van der Waals surface area contributed by atoms with E-state index in [-0.39, 0.29) is 11.3 Å².